The number of hydrogen-bond donors (Lipinski definition) is 0. The van der Waals surface area contributed by atoms with E-state index in [0.29, 0.717) is 7.25 Å². The second kappa shape index (κ2) is 8.87. The van der Waals surface area contributed by atoms with Gasteiger partial charge in [0.15, 0.2) is 0 Å². The van der Waals surface area contributed by atoms with Crippen LogP contribution in [0, 0.1) is 0 Å². The number of allylic oxidation sites excluding steroid dienone is 2. The van der Waals surface area contributed by atoms with Crippen LogP contribution in [0.2, 0.25) is 0 Å². The van der Waals surface area contributed by atoms with Crippen molar-refractivity contribution in [3.63, 3.8) is 0 Å². The Labute approximate surface area is 210 Å². The molecule has 0 aromatic heterocycles. The maximum atomic E-state index is 4.98. The third-order valence-corrected chi connectivity index (χ3v) is 14.4. The van der Waals surface area contributed by atoms with Crippen molar-refractivity contribution in [2.24, 2.45) is 0 Å². The van der Waals surface area contributed by atoms with Crippen LogP contribution in [0.5, 0.6) is 0 Å². The Balaban J connectivity index is 0.00000122. The van der Waals surface area contributed by atoms with Gasteiger partial charge >= 0.3 is 186 Å². The fourth-order valence-electron chi connectivity index (χ4n) is 5.71. The number of hydrogen-bond acceptors (Lipinski definition) is 0. The summed E-state index contributed by atoms with van der Waals surface area (Å²) in [7, 11) is 0. The second-order valence-corrected chi connectivity index (χ2v) is 14.5. The molecule has 2 aliphatic rings. The molecule has 0 amide bonds. The topological polar surface area (TPSA) is 0 Å². The minimum Gasteiger partial charge on any atom is -1.00 e. The Morgan fingerprint density at radius 2 is 1.00 bits per heavy atom. The summed E-state index contributed by atoms with van der Waals surface area (Å²) in [6, 6.07) is 27.0. The van der Waals surface area contributed by atoms with Crippen molar-refractivity contribution in [3.05, 3.63) is 106 Å². The minimum atomic E-state index is -2.16. The van der Waals surface area contributed by atoms with Gasteiger partial charge in [-0.25, -0.2) is 0 Å². The van der Waals surface area contributed by atoms with Gasteiger partial charge in [-0.1, -0.05) is 0 Å². The maximum Gasteiger partial charge on any atom is -1.00 e. The SMILES string of the molecule is [CH2]=[Zr+2]([CH]1C(C)=Cc2c1ccc1ccccc21)[CH]1C(C)=Cc2c1ccc1ccccc21.[Cl-].[Cl-]. The first-order valence-corrected chi connectivity index (χ1v) is 15.3. The Morgan fingerprint density at radius 1 is 0.594 bits per heavy atom. The molecule has 158 valence electrons. The summed E-state index contributed by atoms with van der Waals surface area (Å²) in [5.41, 5.74) is 8.97. The molecule has 2 atom stereocenters. The summed E-state index contributed by atoms with van der Waals surface area (Å²) in [4.78, 5) is 0. The second-order valence-electron chi connectivity index (χ2n) is 8.80. The minimum absolute atomic E-state index is 0. The van der Waals surface area contributed by atoms with E-state index >= 15 is 0 Å². The van der Waals surface area contributed by atoms with Crippen LogP contribution < -0.4 is 24.8 Å². The van der Waals surface area contributed by atoms with E-state index < -0.39 is 21.3 Å². The van der Waals surface area contributed by atoms with E-state index in [4.69, 9.17) is 4.21 Å². The van der Waals surface area contributed by atoms with Crippen LogP contribution in [-0.4, -0.2) is 4.21 Å². The van der Waals surface area contributed by atoms with Crippen LogP contribution in [-0.2, 0) is 21.3 Å². The molecular formula is C29H24Cl2Zr. The summed E-state index contributed by atoms with van der Waals surface area (Å²) in [5.74, 6) is 0. The van der Waals surface area contributed by atoms with E-state index in [-0.39, 0.29) is 24.8 Å². The number of fused-ring (bicyclic) bond motifs is 6. The van der Waals surface area contributed by atoms with Gasteiger partial charge in [0.25, 0.3) is 0 Å². The Bertz CT molecular complexity index is 1340. The van der Waals surface area contributed by atoms with E-state index in [9.17, 15) is 0 Å². The van der Waals surface area contributed by atoms with Crippen molar-refractivity contribution in [2.75, 3.05) is 0 Å². The van der Waals surface area contributed by atoms with Gasteiger partial charge in [-0.3, -0.25) is 0 Å². The van der Waals surface area contributed by atoms with Crippen LogP contribution in [0.15, 0.2) is 83.9 Å². The number of benzene rings is 4. The molecule has 0 saturated heterocycles. The van der Waals surface area contributed by atoms with Gasteiger partial charge in [0, 0.05) is 0 Å². The average molecular weight is 535 g/mol. The molecule has 2 aliphatic carbocycles. The van der Waals surface area contributed by atoms with E-state index in [1.807, 2.05) is 0 Å². The molecule has 0 nitrogen and oxygen atoms in total. The Kier molecular flexibility index (Phi) is 6.48. The first-order chi connectivity index (χ1) is 14.6. The normalized spacial score (nSPS) is 18.0. The zero-order valence-corrected chi connectivity index (χ0v) is 22.2. The maximum absolute atomic E-state index is 4.98. The van der Waals surface area contributed by atoms with Gasteiger partial charge < -0.3 is 24.8 Å². The molecule has 0 N–H and O–H groups in total. The molecule has 0 spiro atoms. The fourth-order valence-corrected chi connectivity index (χ4v) is 13.0. The fraction of sp³-hybridized carbons (Fsp3) is 0.138. The van der Waals surface area contributed by atoms with Crippen LogP contribution in [0.4, 0.5) is 0 Å². The molecule has 6 rings (SSSR count). The Hall–Kier alpha value is -1.79. The molecule has 0 fully saturated rings. The van der Waals surface area contributed by atoms with Gasteiger partial charge in [0.2, 0.25) is 0 Å². The number of rotatable bonds is 2. The molecule has 4 aromatic carbocycles. The van der Waals surface area contributed by atoms with Gasteiger partial charge in [-0.05, 0) is 0 Å². The van der Waals surface area contributed by atoms with Crippen LogP contribution in [0.1, 0.15) is 43.4 Å². The van der Waals surface area contributed by atoms with E-state index in [1.54, 1.807) is 0 Å². The van der Waals surface area contributed by atoms with Gasteiger partial charge in [0.05, 0.1) is 0 Å². The predicted molar refractivity (Wildman–Crippen MR) is 128 cm³/mol. The monoisotopic (exact) mass is 532 g/mol. The van der Waals surface area contributed by atoms with Crippen molar-refractivity contribution in [3.8, 4) is 0 Å². The molecular weight excluding hydrogens is 510 g/mol. The Morgan fingerprint density at radius 3 is 1.44 bits per heavy atom. The molecule has 32 heavy (non-hydrogen) atoms. The van der Waals surface area contributed by atoms with E-state index in [2.05, 4.69) is 98.8 Å². The molecule has 0 radical (unpaired) electrons. The number of halogens is 2. The zero-order valence-electron chi connectivity index (χ0n) is 18.2. The zero-order chi connectivity index (χ0) is 20.4. The van der Waals surface area contributed by atoms with E-state index in [1.165, 1.54) is 54.9 Å². The summed E-state index contributed by atoms with van der Waals surface area (Å²) in [6.45, 7) is 4.67. The molecule has 0 saturated carbocycles. The van der Waals surface area contributed by atoms with Gasteiger partial charge in [-0.15, -0.1) is 0 Å². The smallest absolute Gasteiger partial charge is 1.00 e. The quantitative estimate of drug-likeness (QED) is 0.367. The van der Waals surface area contributed by atoms with Crippen molar-refractivity contribution < 1.29 is 46.1 Å². The molecule has 3 heteroatoms. The largest absolute Gasteiger partial charge is 1.00 e. The molecule has 0 heterocycles. The molecule has 2 unspecified atom stereocenters. The summed E-state index contributed by atoms with van der Waals surface area (Å²) >= 11 is -2.16. The van der Waals surface area contributed by atoms with Crippen molar-refractivity contribution in [1.82, 2.24) is 0 Å². The van der Waals surface area contributed by atoms with Crippen LogP contribution >= 0.6 is 0 Å². The van der Waals surface area contributed by atoms with Crippen LogP contribution in [0.3, 0.4) is 0 Å². The van der Waals surface area contributed by atoms with Crippen LogP contribution in [0.25, 0.3) is 33.7 Å². The van der Waals surface area contributed by atoms with E-state index in [0.717, 1.165) is 0 Å². The summed E-state index contributed by atoms with van der Waals surface area (Å²) in [6.07, 6.45) is 4.90. The van der Waals surface area contributed by atoms with Gasteiger partial charge in [-0.2, -0.15) is 0 Å². The third-order valence-electron chi connectivity index (χ3n) is 7.03. The third kappa shape index (κ3) is 3.42. The van der Waals surface area contributed by atoms with Crippen molar-refractivity contribution in [1.29, 1.82) is 0 Å². The molecule has 0 bridgehead atoms. The summed E-state index contributed by atoms with van der Waals surface area (Å²) < 4.78 is 6.08. The first-order valence-electron chi connectivity index (χ1n) is 10.7. The predicted octanol–water partition coefficient (Wildman–Crippen LogP) is 1.67. The van der Waals surface area contributed by atoms with Gasteiger partial charge in [0.1, 0.15) is 0 Å². The average Bonchev–Trinajstić information content (AvgIpc) is 3.29. The summed E-state index contributed by atoms with van der Waals surface area (Å²) in [5, 5.41) is 5.45. The standard InChI is InChI=1S/2C14H11.CH2.2ClH.Zr/c2*1-10-8-12-7-6-11-4-2-3-5-13(11)14(12)9-10;;;;/h2*2-9H,1H3;1H2;2*1H;/q;;;;;+2/p-2. The van der Waals surface area contributed by atoms with Crippen molar-refractivity contribution >= 4 is 37.9 Å². The molecule has 4 aromatic rings. The molecule has 0 aliphatic heterocycles. The van der Waals surface area contributed by atoms with Crippen molar-refractivity contribution in [2.45, 2.75) is 21.1 Å². The first kappa shape index (κ1) is 23.4.